The van der Waals surface area contributed by atoms with E-state index >= 15 is 0 Å². The molecule has 2 aromatic heterocycles. The van der Waals surface area contributed by atoms with Gasteiger partial charge in [-0.05, 0) is 52.1 Å². The van der Waals surface area contributed by atoms with Crippen molar-refractivity contribution in [2.24, 2.45) is 0 Å². The number of H-pyrrole nitrogens is 1. The molecule has 0 bridgehead atoms. The molecule has 0 radical (unpaired) electrons. The first-order valence-corrected chi connectivity index (χ1v) is 14.7. The maximum absolute atomic E-state index is 13.8. The van der Waals surface area contributed by atoms with Gasteiger partial charge in [0.2, 0.25) is 0 Å². The molecule has 3 aromatic rings. The fourth-order valence-electron chi connectivity index (χ4n) is 5.38. The van der Waals surface area contributed by atoms with Gasteiger partial charge < -0.3 is 24.3 Å². The average Bonchev–Trinajstić information content (AvgIpc) is 3.39. The molecule has 1 aromatic carbocycles. The number of nitrogens with zero attached hydrogens (tertiary/aromatic N) is 4. The second-order valence-corrected chi connectivity index (χ2v) is 12.8. The predicted octanol–water partition coefficient (Wildman–Crippen LogP) is 4.29. The minimum absolute atomic E-state index is 0.186. The predicted molar refractivity (Wildman–Crippen MR) is 158 cm³/mol. The van der Waals surface area contributed by atoms with Crippen LogP contribution in [0.25, 0.3) is 15.9 Å². The number of aryl methyl sites for hydroxylation is 1. The topological polar surface area (TPSA) is 91.0 Å². The monoisotopic (exact) mass is 565 g/mol. The van der Waals surface area contributed by atoms with Gasteiger partial charge in [-0.2, -0.15) is 0 Å². The second kappa shape index (κ2) is 11.3. The number of aromatic amines is 1. The van der Waals surface area contributed by atoms with Crippen LogP contribution < -0.4 is 4.74 Å². The van der Waals surface area contributed by atoms with Crippen molar-refractivity contribution in [3.05, 3.63) is 52.3 Å². The van der Waals surface area contributed by atoms with E-state index in [1.807, 2.05) is 32.9 Å². The summed E-state index contributed by atoms with van der Waals surface area (Å²) >= 11 is 1.59. The normalized spacial score (nSPS) is 18.0. The minimum atomic E-state index is -0.471. The van der Waals surface area contributed by atoms with E-state index in [9.17, 15) is 9.59 Å². The van der Waals surface area contributed by atoms with Crippen molar-refractivity contribution in [1.29, 1.82) is 0 Å². The van der Waals surface area contributed by atoms with Gasteiger partial charge in [0.25, 0.3) is 5.91 Å². The first-order chi connectivity index (χ1) is 19.0. The van der Waals surface area contributed by atoms with Crippen molar-refractivity contribution in [2.45, 2.75) is 46.1 Å². The molecule has 9 nitrogen and oxygen atoms in total. The van der Waals surface area contributed by atoms with Gasteiger partial charge in [0.1, 0.15) is 18.0 Å². The zero-order chi connectivity index (χ0) is 28.6. The lowest BCUT2D eigenvalue weighted by molar-refractivity contribution is -0.140. The Bertz CT molecular complexity index is 1410. The van der Waals surface area contributed by atoms with Crippen LogP contribution in [-0.2, 0) is 14.9 Å². The van der Waals surface area contributed by atoms with Gasteiger partial charge in [0.15, 0.2) is 0 Å². The maximum atomic E-state index is 13.8. The van der Waals surface area contributed by atoms with Gasteiger partial charge in [-0.15, -0.1) is 11.3 Å². The van der Waals surface area contributed by atoms with Crippen LogP contribution >= 0.6 is 11.3 Å². The summed E-state index contributed by atoms with van der Waals surface area (Å²) in [7, 11) is 2.15. The lowest BCUT2D eigenvalue weighted by Crippen LogP contribution is -2.45. The molecule has 0 aliphatic carbocycles. The zero-order valence-corrected chi connectivity index (χ0v) is 25.1. The standard InChI is InChI=1S/C30H39N5O4S/c1-19(2)39-29(37)23-17-35(18-30(4,5)24-25(23)32-27-26(24)40-20(3)31-27)28(36)21-7-9-22(10-8-21)38-16-15-34-13-11-33(6)12-14-34/h7-10,17,19,32H,11-16,18H2,1-6H3. The highest BCUT2D eigenvalue weighted by atomic mass is 32.1. The Balaban J connectivity index is 1.36. The van der Waals surface area contributed by atoms with Crippen molar-refractivity contribution in [2.75, 3.05) is 52.9 Å². The molecular formula is C30H39N5O4S. The third kappa shape index (κ3) is 5.94. The average molecular weight is 566 g/mol. The van der Waals surface area contributed by atoms with Gasteiger partial charge in [-0.25, -0.2) is 9.78 Å². The number of piperazine rings is 1. The van der Waals surface area contributed by atoms with Gasteiger partial charge in [-0.3, -0.25) is 9.69 Å². The van der Waals surface area contributed by atoms with Crippen molar-refractivity contribution in [3.63, 3.8) is 0 Å². The molecule has 0 saturated carbocycles. The van der Waals surface area contributed by atoms with E-state index < -0.39 is 11.4 Å². The van der Waals surface area contributed by atoms with Crippen LogP contribution in [-0.4, -0.2) is 95.6 Å². The molecule has 0 unspecified atom stereocenters. The SMILES string of the molecule is Cc1nc2[nH]c3c(c2s1)C(C)(C)CN(C(=O)c1ccc(OCCN2CCN(C)CC2)cc1)C=C3C(=O)OC(C)C. The number of carbonyl (C=O) groups is 2. The summed E-state index contributed by atoms with van der Waals surface area (Å²) in [5, 5.41) is 0.943. The number of hydrogen-bond acceptors (Lipinski definition) is 8. The maximum Gasteiger partial charge on any atom is 0.342 e. The molecule has 10 heteroatoms. The van der Waals surface area contributed by atoms with Crippen molar-refractivity contribution in [1.82, 2.24) is 24.7 Å². The van der Waals surface area contributed by atoms with Gasteiger partial charge in [-0.1, -0.05) is 13.8 Å². The summed E-state index contributed by atoms with van der Waals surface area (Å²) < 4.78 is 12.6. The number of amides is 1. The number of nitrogens with one attached hydrogen (secondary N) is 1. The third-order valence-corrected chi connectivity index (χ3v) is 8.44. The van der Waals surface area contributed by atoms with Crippen LogP contribution in [0.1, 0.15) is 54.3 Å². The number of hydrogen-bond donors (Lipinski definition) is 1. The van der Waals surface area contributed by atoms with E-state index in [0.717, 1.165) is 59.4 Å². The van der Waals surface area contributed by atoms with Crippen LogP contribution in [0.15, 0.2) is 30.5 Å². The number of carbonyl (C=O) groups excluding carboxylic acids is 2. The van der Waals surface area contributed by atoms with Gasteiger partial charge in [0.05, 0.1) is 27.1 Å². The van der Waals surface area contributed by atoms with Crippen LogP contribution in [0.3, 0.4) is 0 Å². The Hall–Kier alpha value is -3.21. The smallest absolute Gasteiger partial charge is 0.342 e. The largest absolute Gasteiger partial charge is 0.492 e. The molecule has 4 heterocycles. The Morgan fingerprint density at radius 1 is 1.12 bits per heavy atom. The molecule has 2 aliphatic rings. The molecule has 5 rings (SSSR count). The molecule has 1 fully saturated rings. The van der Waals surface area contributed by atoms with Crippen LogP contribution in [0.5, 0.6) is 5.75 Å². The van der Waals surface area contributed by atoms with E-state index in [1.165, 1.54) is 0 Å². The molecule has 1 amide bonds. The van der Waals surface area contributed by atoms with Crippen LogP contribution in [0.4, 0.5) is 0 Å². The summed E-state index contributed by atoms with van der Waals surface area (Å²) in [5.74, 6) is 0.0758. The van der Waals surface area contributed by atoms with E-state index in [-0.39, 0.29) is 12.0 Å². The van der Waals surface area contributed by atoms with Gasteiger partial charge in [0, 0.05) is 62.0 Å². The number of likely N-dealkylation sites (N-methyl/N-ethyl adjacent to an activating group) is 1. The number of esters is 1. The first-order valence-electron chi connectivity index (χ1n) is 13.9. The quantitative estimate of drug-likeness (QED) is 0.428. The fourth-order valence-corrected chi connectivity index (χ4v) is 6.49. The Morgan fingerprint density at radius 3 is 2.50 bits per heavy atom. The molecule has 2 aliphatic heterocycles. The number of aromatic nitrogens is 2. The molecule has 40 heavy (non-hydrogen) atoms. The highest BCUT2D eigenvalue weighted by molar-refractivity contribution is 7.18. The zero-order valence-electron chi connectivity index (χ0n) is 24.2. The molecule has 0 spiro atoms. The molecule has 0 atom stereocenters. The summed E-state index contributed by atoms with van der Waals surface area (Å²) in [4.78, 5) is 41.4. The van der Waals surface area contributed by atoms with Gasteiger partial charge >= 0.3 is 5.97 Å². The van der Waals surface area contributed by atoms with E-state index in [1.54, 1.807) is 34.6 Å². The summed E-state index contributed by atoms with van der Waals surface area (Å²) in [5.41, 5.74) is 2.81. The third-order valence-electron chi connectivity index (χ3n) is 7.45. The second-order valence-electron chi connectivity index (χ2n) is 11.6. The lowest BCUT2D eigenvalue weighted by Gasteiger charge is -2.32. The van der Waals surface area contributed by atoms with Crippen molar-refractivity contribution in [3.8, 4) is 5.75 Å². The fraction of sp³-hybridized carbons (Fsp3) is 0.500. The molecular weight excluding hydrogens is 526 g/mol. The summed E-state index contributed by atoms with van der Waals surface area (Å²) in [6.45, 7) is 15.9. The number of ether oxygens (including phenoxy) is 2. The Kier molecular flexibility index (Phi) is 8.03. The number of thiazole rings is 1. The van der Waals surface area contributed by atoms with Crippen LogP contribution in [0.2, 0.25) is 0 Å². The highest BCUT2D eigenvalue weighted by Gasteiger charge is 2.38. The minimum Gasteiger partial charge on any atom is -0.492 e. The van der Waals surface area contributed by atoms with E-state index in [0.29, 0.717) is 30.0 Å². The summed E-state index contributed by atoms with van der Waals surface area (Å²) in [6.07, 6.45) is 1.34. The number of benzene rings is 1. The number of rotatable bonds is 7. The lowest BCUT2D eigenvalue weighted by atomic mass is 9.83. The van der Waals surface area contributed by atoms with Crippen LogP contribution in [0, 0.1) is 6.92 Å². The molecule has 214 valence electrons. The van der Waals surface area contributed by atoms with E-state index in [2.05, 4.69) is 40.7 Å². The summed E-state index contributed by atoms with van der Waals surface area (Å²) in [6, 6.07) is 7.25. The van der Waals surface area contributed by atoms with Crippen molar-refractivity contribution < 1.29 is 19.1 Å². The van der Waals surface area contributed by atoms with E-state index in [4.69, 9.17) is 9.47 Å². The van der Waals surface area contributed by atoms with Crippen molar-refractivity contribution >= 4 is 39.1 Å². The Labute approximate surface area is 239 Å². The highest BCUT2D eigenvalue weighted by Crippen LogP contribution is 2.42. The molecule has 1 saturated heterocycles. The Morgan fingerprint density at radius 2 is 1.82 bits per heavy atom. The first kappa shape index (κ1) is 28.3. The molecule has 1 N–H and O–H groups in total. The number of fused-ring (bicyclic) bond motifs is 3.